The van der Waals surface area contributed by atoms with Crippen molar-refractivity contribution in [3.63, 3.8) is 0 Å². The van der Waals surface area contributed by atoms with Crippen LogP contribution in [-0.2, 0) is 9.84 Å². The highest BCUT2D eigenvalue weighted by Gasteiger charge is 2.21. The minimum Gasteiger partial charge on any atom is -0.495 e. The molecule has 0 atom stereocenters. The van der Waals surface area contributed by atoms with Crippen LogP contribution in [-0.4, -0.2) is 38.7 Å². The van der Waals surface area contributed by atoms with E-state index < -0.39 is 16.4 Å². The molecule has 0 aromatic heterocycles. The predicted molar refractivity (Wildman–Crippen MR) is 69.4 cm³/mol. The molecule has 0 spiro atoms. The van der Waals surface area contributed by atoms with Crippen molar-refractivity contribution in [2.24, 2.45) is 0 Å². The Morgan fingerprint density at radius 1 is 1.44 bits per heavy atom. The maximum absolute atomic E-state index is 12.0. The molecule has 0 saturated heterocycles. The first-order valence-corrected chi connectivity index (χ1v) is 7.06. The van der Waals surface area contributed by atoms with Crippen molar-refractivity contribution in [1.82, 2.24) is 0 Å². The number of nitrogens with one attached hydrogen (secondary N) is 1. The molecule has 1 rings (SSSR count). The second-order valence-corrected chi connectivity index (χ2v) is 6.06. The third-order valence-corrected chi connectivity index (χ3v) is 4.32. The van der Waals surface area contributed by atoms with Gasteiger partial charge in [0.2, 0.25) is 0 Å². The highest BCUT2D eigenvalue weighted by Crippen LogP contribution is 2.28. The van der Waals surface area contributed by atoms with Crippen molar-refractivity contribution in [1.29, 1.82) is 5.41 Å². The van der Waals surface area contributed by atoms with Crippen molar-refractivity contribution in [3.05, 3.63) is 23.3 Å². The first-order valence-electron chi connectivity index (χ1n) is 5.41. The van der Waals surface area contributed by atoms with Crippen LogP contribution in [0.15, 0.2) is 17.0 Å². The summed E-state index contributed by atoms with van der Waals surface area (Å²) in [7, 11) is -2.21. The fourth-order valence-corrected chi connectivity index (χ4v) is 2.90. The van der Waals surface area contributed by atoms with Gasteiger partial charge in [-0.15, -0.1) is 0 Å². The molecule has 1 aromatic carbocycles. The minimum absolute atomic E-state index is 0.0197. The van der Waals surface area contributed by atoms with Gasteiger partial charge in [-0.2, -0.15) is 0 Å². The Morgan fingerprint density at radius 3 is 2.50 bits per heavy atom. The molecule has 100 valence electrons. The van der Waals surface area contributed by atoms with Crippen LogP contribution < -0.4 is 4.74 Å². The minimum atomic E-state index is -3.60. The Hall–Kier alpha value is -1.40. The zero-order valence-corrected chi connectivity index (χ0v) is 11.5. The van der Waals surface area contributed by atoms with Crippen LogP contribution in [0.3, 0.4) is 0 Å². The number of methoxy groups -OCH3 is 1. The summed E-state index contributed by atoms with van der Waals surface area (Å²) in [5, 5.41) is 16.4. The van der Waals surface area contributed by atoms with E-state index in [1.54, 1.807) is 19.9 Å². The monoisotopic (exact) mass is 271 g/mol. The number of aliphatic hydroxyl groups is 1. The van der Waals surface area contributed by atoms with Gasteiger partial charge in [0.1, 0.15) is 10.6 Å². The number of sulfone groups is 1. The summed E-state index contributed by atoms with van der Waals surface area (Å²) in [6, 6.07) is 3.03. The molecule has 0 radical (unpaired) electrons. The van der Waals surface area contributed by atoms with Gasteiger partial charge in [0, 0.05) is 5.71 Å². The standard InChI is InChI=1S/C12H17NO4S/c1-8-6-11(17-3)12(7-10(8)9(2)13)18(15,16)5-4-14/h6-7,13-14H,4-5H2,1-3H3. The Labute approximate surface area is 107 Å². The molecule has 18 heavy (non-hydrogen) atoms. The largest absolute Gasteiger partial charge is 0.495 e. The van der Waals surface area contributed by atoms with E-state index in [2.05, 4.69) is 0 Å². The van der Waals surface area contributed by atoms with Crippen molar-refractivity contribution < 1.29 is 18.3 Å². The lowest BCUT2D eigenvalue weighted by molar-refractivity contribution is 0.319. The van der Waals surface area contributed by atoms with E-state index in [0.29, 0.717) is 5.56 Å². The molecule has 0 bridgehead atoms. The van der Waals surface area contributed by atoms with E-state index in [0.717, 1.165) is 5.56 Å². The summed E-state index contributed by atoms with van der Waals surface area (Å²) in [6.45, 7) is 2.94. The molecule has 0 heterocycles. The first kappa shape index (κ1) is 14.7. The Balaban J connectivity index is 3.51. The number of aliphatic hydroxyl groups excluding tert-OH is 1. The number of benzene rings is 1. The third-order valence-electron chi connectivity index (χ3n) is 2.61. The molecule has 0 amide bonds. The Kier molecular flexibility index (Phi) is 4.48. The molecule has 5 nitrogen and oxygen atoms in total. The fraction of sp³-hybridized carbons (Fsp3) is 0.417. The second kappa shape index (κ2) is 5.49. The van der Waals surface area contributed by atoms with Crippen molar-refractivity contribution in [2.45, 2.75) is 18.7 Å². The lowest BCUT2D eigenvalue weighted by Gasteiger charge is -2.13. The second-order valence-electron chi connectivity index (χ2n) is 3.99. The molecule has 0 aliphatic rings. The Bertz CT molecular complexity index is 564. The topological polar surface area (TPSA) is 87.5 Å². The van der Waals surface area contributed by atoms with Gasteiger partial charge in [-0.1, -0.05) is 0 Å². The van der Waals surface area contributed by atoms with E-state index in [1.807, 2.05) is 0 Å². The van der Waals surface area contributed by atoms with Gasteiger partial charge in [-0.05, 0) is 37.1 Å². The van der Waals surface area contributed by atoms with E-state index in [-0.39, 0.29) is 22.1 Å². The average Bonchev–Trinajstić information content (AvgIpc) is 2.27. The summed E-state index contributed by atoms with van der Waals surface area (Å²) < 4.78 is 29.0. The van der Waals surface area contributed by atoms with E-state index in [1.165, 1.54) is 13.2 Å². The average molecular weight is 271 g/mol. The SMILES string of the molecule is COc1cc(C)c(C(C)=N)cc1S(=O)(=O)CCO. The van der Waals surface area contributed by atoms with Crippen LogP contribution in [0, 0.1) is 12.3 Å². The summed E-state index contributed by atoms with van der Waals surface area (Å²) in [4.78, 5) is 0.0197. The Morgan fingerprint density at radius 2 is 2.06 bits per heavy atom. The van der Waals surface area contributed by atoms with Crippen LogP contribution in [0.5, 0.6) is 5.75 Å². The third kappa shape index (κ3) is 2.88. The van der Waals surface area contributed by atoms with Gasteiger partial charge in [-0.25, -0.2) is 8.42 Å². The molecule has 6 heteroatoms. The first-order chi connectivity index (χ1) is 8.33. The van der Waals surface area contributed by atoms with Crippen LogP contribution >= 0.6 is 0 Å². The molecule has 0 aliphatic carbocycles. The predicted octanol–water partition coefficient (Wildman–Crippen LogP) is 1.16. The number of ether oxygens (including phenoxy) is 1. The van der Waals surface area contributed by atoms with Gasteiger partial charge in [0.05, 0.1) is 19.5 Å². The number of aryl methyl sites for hydroxylation is 1. The summed E-state index contributed by atoms with van der Waals surface area (Å²) in [5.41, 5.74) is 1.63. The maximum atomic E-state index is 12.0. The molecular formula is C12H17NO4S. The quantitative estimate of drug-likeness (QED) is 0.787. The molecule has 0 aliphatic heterocycles. The van der Waals surface area contributed by atoms with Crippen LogP contribution in [0.2, 0.25) is 0 Å². The summed E-state index contributed by atoms with van der Waals surface area (Å²) >= 11 is 0. The maximum Gasteiger partial charge on any atom is 0.184 e. The molecule has 0 saturated carbocycles. The van der Waals surface area contributed by atoms with Crippen molar-refractivity contribution in [2.75, 3.05) is 19.5 Å². The zero-order valence-electron chi connectivity index (χ0n) is 10.6. The highest BCUT2D eigenvalue weighted by molar-refractivity contribution is 7.91. The number of hydrogen-bond donors (Lipinski definition) is 2. The van der Waals surface area contributed by atoms with Crippen molar-refractivity contribution >= 4 is 15.5 Å². The normalized spacial score (nSPS) is 11.3. The van der Waals surface area contributed by atoms with Crippen LogP contribution in [0.4, 0.5) is 0 Å². The van der Waals surface area contributed by atoms with E-state index in [4.69, 9.17) is 15.3 Å². The highest BCUT2D eigenvalue weighted by atomic mass is 32.2. The van der Waals surface area contributed by atoms with Gasteiger partial charge in [-0.3, -0.25) is 0 Å². The molecule has 0 unspecified atom stereocenters. The number of hydrogen-bond acceptors (Lipinski definition) is 5. The van der Waals surface area contributed by atoms with Gasteiger partial charge in [0.25, 0.3) is 0 Å². The lowest BCUT2D eigenvalue weighted by atomic mass is 10.0. The van der Waals surface area contributed by atoms with Crippen LogP contribution in [0.1, 0.15) is 18.1 Å². The lowest BCUT2D eigenvalue weighted by Crippen LogP contribution is -2.13. The van der Waals surface area contributed by atoms with Gasteiger partial charge < -0.3 is 15.3 Å². The van der Waals surface area contributed by atoms with Gasteiger partial charge >= 0.3 is 0 Å². The number of rotatable bonds is 5. The molecule has 1 aromatic rings. The smallest absolute Gasteiger partial charge is 0.184 e. The van der Waals surface area contributed by atoms with E-state index >= 15 is 0 Å². The zero-order chi connectivity index (χ0) is 13.9. The summed E-state index contributed by atoms with van der Waals surface area (Å²) in [5.74, 6) is -0.117. The summed E-state index contributed by atoms with van der Waals surface area (Å²) in [6.07, 6.45) is 0. The molecule has 2 N–H and O–H groups in total. The molecule has 0 fully saturated rings. The molecular weight excluding hydrogens is 254 g/mol. The van der Waals surface area contributed by atoms with E-state index in [9.17, 15) is 8.42 Å². The van der Waals surface area contributed by atoms with Crippen LogP contribution in [0.25, 0.3) is 0 Å². The fourth-order valence-electron chi connectivity index (χ4n) is 1.70. The van der Waals surface area contributed by atoms with Gasteiger partial charge in [0.15, 0.2) is 9.84 Å². The van der Waals surface area contributed by atoms with Crippen molar-refractivity contribution in [3.8, 4) is 5.75 Å².